The van der Waals surface area contributed by atoms with Crippen LogP contribution in [-0.4, -0.2) is 18.7 Å². The van der Waals surface area contributed by atoms with E-state index in [0.29, 0.717) is 12.6 Å². The van der Waals surface area contributed by atoms with Crippen molar-refractivity contribution in [1.29, 1.82) is 0 Å². The molecule has 1 unspecified atom stereocenters. The number of ether oxygens (including phenoxy) is 1. The van der Waals surface area contributed by atoms with E-state index >= 15 is 0 Å². The Balaban J connectivity index is 2.24. The molecule has 0 bridgehead atoms. The molecule has 0 amide bonds. The minimum Gasteiger partial charge on any atom is -0.373 e. The Kier molecular flexibility index (Phi) is 7.56. The van der Waals surface area contributed by atoms with Gasteiger partial charge < -0.3 is 10.1 Å². The maximum Gasteiger partial charge on any atom is 0.0721 e. The quantitative estimate of drug-likeness (QED) is 0.779. The van der Waals surface area contributed by atoms with Gasteiger partial charge in [0.25, 0.3) is 0 Å². The topological polar surface area (TPSA) is 21.3 Å². The molecule has 1 aromatic rings. The number of halogens is 1. The van der Waals surface area contributed by atoms with Crippen LogP contribution in [0, 0.1) is 0 Å². The zero-order valence-electron chi connectivity index (χ0n) is 11.6. The summed E-state index contributed by atoms with van der Waals surface area (Å²) in [5.41, 5.74) is 1.22. The van der Waals surface area contributed by atoms with Crippen molar-refractivity contribution < 1.29 is 4.74 Å². The molecule has 102 valence electrons. The minimum absolute atomic E-state index is 0.245. The molecule has 0 aliphatic carbocycles. The molecule has 0 radical (unpaired) electrons. The third kappa shape index (κ3) is 5.98. The molecule has 2 nitrogen and oxygen atoms in total. The second kappa shape index (κ2) is 8.68. The molecule has 3 heteroatoms. The predicted octanol–water partition coefficient (Wildman–Crippen LogP) is 4.13. The first-order valence-corrected chi connectivity index (χ1v) is 7.54. The molecule has 1 rings (SSSR count). The maximum absolute atomic E-state index is 5.83. The highest BCUT2D eigenvalue weighted by Crippen LogP contribution is 2.11. The summed E-state index contributed by atoms with van der Waals surface area (Å²) in [7, 11) is 0. The van der Waals surface area contributed by atoms with Crippen LogP contribution in [0.3, 0.4) is 0 Å². The van der Waals surface area contributed by atoms with E-state index in [1.54, 1.807) is 0 Å². The number of hydrogen-bond acceptors (Lipinski definition) is 2. The lowest BCUT2D eigenvalue weighted by atomic mass is 10.1. The van der Waals surface area contributed by atoms with Gasteiger partial charge in [0.15, 0.2) is 0 Å². The standard InChI is InChI=1S/C15H24BrNO/c1-4-15(5-2)17-10-12(3)18-11-13-6-8-14(16)9-7-13/h6-9,12,15,17H,4-5,10-11H2,1-3H3. The fraction of sp³-hybridized carbons (Fsp3) is 0.600. The van der Waals surface area contributed by atoms with Crippen molar-refractivity contribution in [2.75, 3.05) is 6.54 Å². The van der Waals surface area contributed by atoms with Crippen molar-refractivity contribution in [2.45, 2.75) is 52.4 Å². The Labute approximate surface area is 119 Å². The van der Waals surface area contributed by atoms with Gasteiger partial charge >= 0.3 is 0 Å². The van der Waals surface area contributed by atoms with Crippen molar-refractivity contribution in [1.82, 2.24) is 5.32 Å². The van der Waals surface area contributed by atoms with Gasteiger partial charge in [-0.05, 0) is 37.5 Å². The summed E-state index contributed by atoms with van der Waals surface area (Å²) >= 11 is 3.43. The summed E-state index contributed by atoms with van der Waals surface area (Å²) in [6, 6.07) is 8.89. The largest absolute Gasteiger partial charge is 0.373 e. The van der Waals surface area contributed by atoms with E-state index in [-0.39, 0.29) is 6.10 Å². The number of nitrogens with one attached hydrogen (secondary N) is 1. The Morgan fingerprint density at radius 1 is 1.17 bits per heavy atom. The summed E-state index contributed by atoms with van der Waals surface area (Å²) in [5.74, 6) is 0. The second-order valence-corrected chi connectivity index (χ2v) is 5.59. The SMILES string of the molecule is CCC(CC)NCC(C)OCc1ccc(Br)cc1. The normalized spacial score (nSPS) is 12.9. The first-order chi connectivity index (χ1) is 8.65. The summed E-state index contributed by atoms with van der Waals surface area (Å²) in [4.78, 5) is 0. The van der Waals surface area contributed by atoms with Crippen LogP contribution in [0.15, 0.2) is 28.7 Å². The zero-order valence-corrected chi connectivity index (χ0v) is 13.2. The first-order valence-electron chi connectivity index (χ1n) is 6.75. The van der Waals surface area contributed by atoms with Crippen molar-refractivity contribution in [2.24, 2.45) is 0 Å². The van der Waals surface area contributed by atoms with Gasteiger partial charge in [0.1, 0.15) is 0 Å². The highest BCUT2D eigenvalue weighted by atomic mass is 79.9. The molecule has 1 atom stereocenters. The van der Waals surface area contributed by atoms with Crippen LogP contribution in [0.5, 0.6) is 0 Å². The van der Waals surface area contributed by atoms with Gasteiger partial charge in [-0.2, -0.15) is 0 Å². The van der Waals surface area contributed by atoms with Crippen molar-refractivity contribution in [3.63, 3.8) is 0 Å². The average molecular weight is 314 g/mol. The lowest BCUT2D eigenvalue weighted by Gasteiger charge is -2.19. The third-order valence-electron chi connectivity index (χ3n) is 3.13. The molecule has 0 aromatic heterocycles. The van der Waals surface area contributed by atoms with Crippen molar-refractivity contribution >= 4 is 15.9 Å². The molecule has 0 aliphatic heterocycles. The molecule has 0 saturated carbocycles. The molecule has 1 N–H and O–H groups in total. The van der Waals surface area contributed by atoms with E-state index in [1.807, 2.05) is 12.1 Å². The lowest BCUT2D eigenvalue weighted by Crippen LogP contribution is -2.34. The van der Waals surface area contributed by atoms with Crippen molar-refractivity contribution in [3.8, 4) is 0 Å². The van der Waals surface area contributed by atoms with Gasteiger partial charge in [0.2, 0.25) is 0 Å². The smallest absolute Gasteiger partial charge is 0.0721 e. The maximum atomic E-state index is 5.83. The highest BCUT2D eigenvalue weighted by Gasteiger charge is 2.06. The Morgan fingerprint density at radius 2 is 1.78 bits per heavy atom. The molecule has 0 saturated heterocycles. The first kappa shape index (κ1) is 15.7. The van der Waals surface area contributed by atoms with E-state index in [0.717, 1.165) is 11.0 Å². The molecular formula is C15H24BrNO. The lowest BCUT2D eigenvalue weighted by molar-refractivity contribution is 0.0511. The van der Waals surface area contributed by atoms with Crippen LogP contribution < -0.4 is 5.32 Å². The molecule has 18 heavy (non-hydrogen) atoms. The molecule has 0 aliphatic rings. The van der Waals surface area contributed by atoms with E-state index in [4.69, 9.17) is 4.74 Å². The fourth-order valence-electron chi connectivity index (χ4n) is 1.79. The Bertz CT molecular complexity index is 322. The average Bonchev–Trinajstić information content (AvgIpc) is 2.39. The van der Waals surface area contributed by atoms with Gasteiger partial charge in [-0.1, -0.05) is 41.9 Å². The molecule has 1 aromatic carbocycles. The predicted molar refractivity (Wildman–Crippen MR) is 80.8 cm³/mol. The van der Waals surface area contributed by atoms with Crippen molar-refractivity contribution in [3.05, 3.63) is 34.3 Å². The summed E-state index contributed by atoms with van der Waals surface area (Å²) < 4.78 is 6.94. The number of benzene rings is 1. The summed E-state index contributed by atoms with van der Waals surface area (Å²) in [5, 5.41) is 3.53. The Morgan fingerprint density at radius 3 is 2.33 bits per heavy atom. The van der Waals surface area contributed by atoms with Crippen LogP contribution in [0.2, 0.25) is 0 Å². The monoisotopic (exact) mass is 313 g/mol. The van der Waals surface area contributed by atoms with Gasteiger partial charge in [0.05, 0.1) is 12.7 Å². The van der Waals surface area contributed by atoms with Crippen LogP contribution in [0.25, 0.3) is 0 Å². The van der Waals surface area contributed by atoms with E-state index in [1.165, 1.54) is 18.4 Å². The second-order valence-electron chi connectivity index (χ2n) is 4.67. The van der Waals surface area contributed by atoms with Gasteiger partial charge in [-0.3, -0.25) is 0 Å². The van der Waals surface area contributed by atoms with Crippen LogP contribution in [0.1, 0.15) is 39.2 Å². The van der Waals surface area contributed by atoms with E-state index < -0.39 is 0 Å². The molecule has 0 fully saturated rings. The number of hydrogen-bond donors (Lipinski definition) is 1. The molecule has 0 spiro atoms. The molecule has 0 heterocycles. The fourth-order valence-corrected chi connectivity index (χ4v) is 2.05. The van der Waals surface area contributed by atoms with Crippen LogP contribution in [-0.2, 0) is 11.3 Å². The summed E-state index contributed by atoms with van der Waals surface area (Å²) in [6.45, 7) is 8.15. The molecular weight excluding hydrogens is 290 g/mol. The van der Waals surface area contributed by atoms with Gasteiger partial charge in [-0.25, -0.2) is 0 Å². The van der Waals surface area contributed by atoms with E-state index in [9.17, 15) is 0 Å². The Hall–Kier alpha value is -0.380. The highest BCUT2D eigenvalue weighted by molar-refractivity contribution is 9.10. The third-order valence-corrected chi connectivity index (χ3v) is 3.66. The zero-order chi connectivity index (χ0) is 13.4. The van der Waals surface area contributed by atoms with Gasteiger partial charge in [-0.15, -0.1) is 0 Å². The van der Waals surface area contributed by atoms with Crippen LogP contribution in [0.4, 0.5) is 0 Å². The minimum atomic E-state index is 0.245. The summed E-state index contributed by atoms with van der Waals surface area (Å²) in [6.07, 6.45) is 2.60. The van der Waals surface area contributed by atoms with Crippen LogP contribution >= 0.6 is 15.9 Å². The number of rotatable bonds is 8. The van der Waals surface area contributed by atoms with E-state index in [2.05, 4.69) is 54.2 Å². The van der Waals surface area contributed by atoms with Gasteiger partial charge in [0, 0.05) is 17.1 Å².